The first-order chi connectivity index (χ1) is 7.22. The predicted octanol–water partition coefficient (Wildman–Crippen LogP) is 2.48. The molecule has 0 saturated carbocycles. The van der Waals surface area contributed by atoms with Gasteiger partial charge in [-0.25, -0.2) is 4.98 Å². The van der Waals surface area contributed by atoms with Gasteiger partial charge >= 0.3 is 0 Å². The number of pyridine rings is 1. The molecule has 1 amide bonds. The van der Waals surface area contributed by atoms with Crippen molar-refractivity contribution in [2.75, 3.05) is 16.8 Å². The molecule has 2 heterocycles. The van der Waals surface area contributed by atoms with E-state index in [4.69, 9.17) is 11.6 Å². The molecule has 0 bridgehead atoms. The largest absolute Gasteiger partial charge is 0.309 e. The van der Waals surface area contributed by atoms with Gasteiger partial charge < -0.3 is 4.90 Å². The van der Waals surface area contributed by atoms with E-state index in [1.54, 1.807) is 17.2 Å². The zero-order chi connectivity index (χ0) is 10.8. The first kappa shape index (κ1) is 10.9. The third kappa shape index (κ3) is 2.16. The number of carbonyl (C=O) groups is 1. The topological polar surface area (TPSA) is 33.2 Å². The fourth-order valence-electron chi connectivity index (χ4n) is 1.70. The number of aromatic nitrogens is 1. The van der Waals surface area contributed by atoms with Crippen LogP contribution in [0.5, 0.6) is 0 Å². The summed E-state index contributed by atoms with van der Waals surface area (Å²) in [4.78, 5) is 17.4. The number of alkyl halides is 1. The van der Waals surface area contributed by atoms with Gasteiger partial charge in [-0.1, -0.05) is 27.5 Å². The molecule has 1 aliphatic heterocycles. The molecular weight excluding hydrogens is 279 g/mol. The highest BCUT2D eigenvalue weighted by molar-refractivity contribution is 9.09. The molecule has 0 spiro atoms. The van der Waals surface area contributed by atoms with Crippen molar-refractivity contribution in [3.63, 3.8) is 0 Å². The SMILES string of the molecule is O=C1CC(CBr)CN1c1cccnc1Cl. The van der Waals surface area contributed by atoms with Crippen LogP contribution in [-0.4, -0.2) is 22.8 Å². The van der Waals surface area contributed by atoms with E-state index in [0.29, 0.717) is 23.2 Å². The Morgan fingerprint density at radius 2 is 2.47 bits per heavy atom. The maximum absolute atomic E-state index is 11.7. The Bertz CT molecular complexity index is 385. The molecule has 0 radical (unpaired) electrons. The summed E-state index contributed by atoms with van der Waals surface area (Å²) in [5.41, 5.74) is 0.715. The van der Waals surface area contributed by atoms with Gasteiger partial charge in [-0.3, -0.25) is 4.79 Å². The zero-order valence-corrected chi connectivity index (χ0v) is 10.3. The van der Waals surface area contributed by atoms with Crippen LogP contribution in [0.15, 0.2) is 18.3 Å². The molecule has 0 N–H and O–H groups in total. The van der Waals surface area contributed by atoms with Crippen molar-refractivity contribution >= 4 is 39.1 Å². The van der Waals surface area contributed by atoms with Gasteiger partial charge in [-0.2, -0.15) is 0 Å². The molecule has 15 heavy (non-hydrogen) atoms. The van der Waals surface area contributed by atoms with Crippen LogP contribution in [0.25, 0.3) is 0 Å². The monoisotopic (exact) mass is 288 g/mol. The highest BCUT2D eigenvalue weighted by Gasteiger charge is 2.30. The summed E-state index contributed by atoms with van der Waals surface area (Å²) in [6.07, 6.45) is 2.20. The van der Waals surface area contributed by atoms with E-state index in [1.165, 1.54) is 0 Å². The second kappa shape index (κ2) is 4.49. The van der Waals surface area contributed by atoms with Gasteiger partial charge in [0.1, 0.15) is 0 Å². The van der Waals surface area contributed by atoms with Crippen LogP contribution in [0, 0.1) is 5.92 Å². The van der Waals surface area contributed by atoms with Crippen LogP contribution in [0.3, 0.4) is 0 Å². The van der Waals surface area contributed by atoms with Crippen molar-refractivity contribution in [3.05, 3.63) is 23.5 Å². The van der Waals surface area contributed by atoms with Crippen LogP contribution < -0.4 is 4.90 Å². The maximum atomic E-state index is 11.7. The maximum Gasteiger partial charge on any atom is 0.227 e. The summed E-state index contributed by atoms with van der Waals surface area (Å²) in [6.45, 7) is 0.718. The molecule has 1 aromatic rings. The second-order valence-electron chi connectivity index (χ2n) is 3.54. The highest BCUT2D eigenvalue weighted by Crippen LogP contribution is 2.29. The Morgan fingerprint density at radius 1 is 1.67 bits per heavy atom. The molecule has 1 atom stereocenters. The third-order valence-corrected chi connectivity index (χ3v) is 3.66. The molecule has 1 aliphatic rings. The number of hydrogen-bond acceptors (Lipinski definition) is 2. The van der Waals surface area contributed by atoms with E-state index in [1.807, 2.05) is 6.07 Å². The summed E-state index contributed by atoms with van der Waals surface area (Å²) < 4.78 is 0. The normalized spacial score (nSPS) is 21.1. The molecular formula is C10H10BrClN2O. The molecule has 1 fully saturated rings. The van der Waals surface area contributed by atoms with Crippen molar-refractivity contribution in [3.8, 4) is 0 Å². The van der Waals surface area contributed by atoms with Gasteiger partial charge in [0.25, 0.3) is 0 Å². The average molecular weight is 290 g/mol. The Labute approximate surface area is 102 Å². The fourth-order valence-corrected chi connectivity index (χ4v) is 2.35. The van der Waals surface area contributed by atoms with E-state index in [-0.39, 0.29) is 5.91 Å². The second-order valence-corrected chi connectivity index (χ2v) is 4.55. The number of carbonyl (C=O) groups excluding carboxylic acids is 1. The van der Waals surface area contributed by atoms with Crippen LogP contribution in [-0.2, 0) is 4.79 Å². The van der Waals surface area contributed by atoms with Crippen molar-refractivity contribution in [1.29, 1.82) is 0 Å². The Kier molecular flexibility index (Phi) is 3.26. The van der Waals surface area contributed by atoms with E-state index in [0.717, 1.165) is 11.9 Å². The first-order valence-corrected chi connectivity index (χ1v) is 6.19. The van der Waals surface area contributed by atoms with Gasteiger partial charge in [0, 0.05) is 24.5 Å². The molecule has 3 nitrogen and oxygen atoms in total. The Morgan fingerprint density at radius 3 is 3.07 bits per heavy atom. The van der Waals surface area contributed by atoms with Crippen LogP contribution in [0.1, 0.15) is 6.42 Å². The number of nitrogens with zero attached hydrogens (tertiary/aromatic N) is 2. The van der Waals surface area contributed by atoms with Gasteiger partial charge in [0.05, 0.1) is 5.69 Å². The van der Waals surface area contributed by atoms with Crippen LogP contribution in [0.4, 0.5) is 5.69 Å². The van der Waals surface area contributed by atoms with Gasteiger partial charge in [0.2, 0.25) is 5.91 Å². The minimum atomic E-state index is 0.120. The Balaban J connectivity index is 2.25. The Hall–Kier alpha value is -0.610. The highest BCUT2D eigenvalue weighted by atomic mass is 79.9. The summed E-state index contributed by atoms with van der Waals surface area (Å²) in [7, 11) is 0. The first-order valence-electron chi connectivity index (χ1n) is 4.69. The quantitative estimate of drug-likeness (QED) is 0.619. The van der Waals surface area contributed by atoms with Crippen molar-refractivity contribution in [2.45, 2.75) is 6.42 Å². The van der Waals surface area contributed by atoms with Crippen molar-refractivity contribution in [2.24, 2.45) is 5.92 Å². The number of rotatable bonds is 2. The van der Waals surface area contributed by atoms with Crippen molar-refractivity contribution in [1.82, 2.24) is 4.98 Å². The number of hydrogen-bond donors (Lipinski definition) is 0. The van der Waals surface area contributed by atoms with Crippen LogP contribution >= 0.6 is 27.5 Å². The molecule has 5 heteroatoms. The zero-order valence-electron chi connectivity index (χ0n) is 7.99. The molecule has 0 aliphatic carbocycles. The van der Waals surface area contributed by atoms with Gasteiger partial charge in [-0.15, -0.1) is 0 Å². The minimum absolute atomic E-state index is 0.120. The third-order valence-electron chi connectivity index (χ3n) is 2.45. The number of halogens is 2. The standard InChI is InChI=1S/C10H10BrClN2O/c11-5-7-4-9(15)14(6-7)8-2-1-3-13-10(8)12/h1-3,7H,4-6H2. The number of anilines is 1. The molecule has 80 valence electrons. The molecule has 0 aromatic carbocycles. The molecule has 2 rings (SSSR count). The number of amides is 1. The fraction of sp³-hybridized carbons (Fsp3) is 0.400. The molecule has 1 aromatic heterocycles. The molecule has 1 saturated heterocycles. The van der Waals surface area contributed by atoms with Crippen LogP contribution in [0.2, 0.25) is 5.15 Å². The average Bonchev–Trinajstić information content (AvgIpc) is 2.60. The summed E-state index contributed by atoms with van der Waals surface area (Å²) in [5.74, 6) is 0.489. The lowest BCUT2D eigenvalue weighted by molar-refractivity contribution is -0.117. The van der Waals surface area contributed by atoms with Gasteiger partial charge in [-0.05, 0) is 18.1 Å². The smallest absolute Gasteiger partial charge is 0.227 e. The van der Waals surface area contributed by atoms with E-state index in [2.05, 4.69) is 20.9 Å². The minimum Gasteiger partial charge on any atom is -0.309 e. The summed E-state index contributed by atoms with van der Waals surface area (Å²) in [6, 6.07) is 3.61. The lowest BCUT2D eigenvalue weighted by Crippen LogP contribution is -2.25. The van der Waals surface area contributed by atoms with Crippen molar-refractivity contribution < 1.29 is 4.79 Å². The van der Waals surface area contributed by atoms with E-state index < -0.39 is 0 Å². The van der Waals surface area contributed by atoms with E-state index >= 15 is 0 Å². The van der Waals surface area contributed by atoms with Gasteiger partial charge in [0.15, 0.2) is 5.15 Å². The van der Waals surface area contributed by atoms with E-state index in [9.17, 15) is 4.79 Å². The lowest BCUT2D eigenvalue weighted by atomic mass is 10.2. The molecule has 1 unspecified atom stereocenters. The predicted molar refractivity (Wildman–Crippen MR) is 63.5 cm³/mol. The summed E-state index contributed by atoms with van der Waals surface area (Å²) in [5, 5.41) is 1.23. The lowest BCUT2D eigenvalue weighted by Gasteiger charge is -2.16. The summed E-state index contributed by atoms with van der Waals surface area (Å²) >= 11 is 9.34.